The van der Waals surface area contributed by atoms with Crippen LogP contribution in [0.25, 0.3) is 0 Å². The van der Waals surface area contributed by atoms with Crippen molar-refractivity contribution in [1.29, 1.82) is 0 Å². The SMILES string of the molecule is CN(C(=O)C[C@@H]1C[C@@H]2CC[C@@H]1C2)C(c1ccccc1)c1ccccc1. The van der Waals surface area contributed by atoms with E-state index in [0.29, 0.717) is 12.3 Å². The number of benzene rings is 2. The maximum Gasteiger partial charge on any atom is 0.223 e. The highest BCUT2D eigenvalue weighted by molar-refractivity contribution is 5.77. The van der Waals surface area contributed by atoms with Crippen molar-refractivity contribution in [3.8, 4) is 0 Å². The van der Waals surface area contributed by atoms with Crippen LogP contribution in [0, 0.1) is 17.8 Å². The zero-order valence-electron chi connectivity index (χ0n) is 15.0. The molecule has 0 aromatic heterocycles. The van der Waals surface area contributed by atoms with E-state index in [2.05, 4.69) is 48.5 Å². The van der Waals surface area contributed by atoms with E-state index >= 15 is 0 Å². The van der Waals surface area contributed by atoms with Gasteiger partial charge in [-0.1, -0.05) is 67.1 Å². The van der Waals surface area contributed by atoms with Gasteiger partial charge in [-0.05, 0) is 48.1 Å². The second-order valence-corrected chi connectivity index (χ2v) is 7.87. The van der Waals surface area contributed by atoms with E-state index in [0.717, 1.165) is 11.8 Å². The monoisotopic (exact) mass is 333 g/mol. The molecule has 0 saturated heterocycles. The van der Waals surface area contributed by atoms with Gasteiger partial charge in [-0.2, -0.15) is 0 Å². The molecule has 1 amide bonds. The van der Waals surface area contributed by atoms with Gasteiger partial charge in [0.25, 0.3) is 0 Å². The molecule has 0 radical (unpaired) electrons. The van der Waals surface area contributed by atoms with E-state index in [1.54, 1.807) is 0 Å². The Balaban J connectivity index is 1.55. The van der Waals surface area contributed by atoms with Crippen molar-refractivity contribution in [2.45, 2.75) is 38.1 Å². The molecule has 0 aliphatic heterocycles. The summed E-state index contributed by atoms with van der Waals surface area (Å²) in [7, 11) is 1.97. The maximum atomic E-state index is 13.1. The lowest BCUT2D eigenvalue weighted by atomic mass is 9.86. The second kappa shape index (κ2) is 7.03. The van der Waals surface area contributed by atoms with Crippen LogP contribution in [0.2, 0.25) is 0 Å². The molecular weight excluding hydrogens is 306 g/mol. The summed E-state index contributed by atoms with van der Waals surface area (Å²) in [5.41, 5.74) is 2.36. The molecule has 3 atom stereocenters. The number of hydrogen-bond acceptors (Lipinski definition) is 1. The van der Waals surface area contributed by atoms with Crippen molar-refractivity contribution in [2.75, 3.05) is 7.05 Å². The highest BCUT2D eigenvalue weighted by Gasteiger charge is 2.40. The van der Waals surface area contributed by atoms with E-state index < -0.39 is 0 Å². The molecule has 2 aromatic rings. The molecule has 2 aliphatic rings. The number of amides is 1. The van der Waals surface area contributed by atoms with Crippen LogP contribution in [0.4, 0.5) is 0 Å². The Kier molecular flexibility index (Phi) is 4.61. The normalized spacial score (nSPS) is 24.6. The number of hydrogen-bond donors (Lipinski definition) is 0. The van der Waals surface area contributed by atoms with Crippen molar-refractivity contribution in [1.82, 2.24) is 4.90 Å². The predicted molar refractivity (Wildman–Crippen MR) is 101 cm³/mol. The van der Waals surface area contributed by atoms with E-state index in [9.17, 15) is 4.79 Å². The first-order valence-corrected chi connectivity index (χ1v) is 9.58. The summed E-state index contributed by atoms with van der Waals surface area (Å²) in [4.78, 5) is 15.1. The van der Waals surface area contributed by atoms with Crippen LogP contribution >= 0.6 is 0 Å². The van der Waals surface area contributed by atoms with Gasteiger partial charge in [0.2, 0.25) is 5.91 Å². The average molecular weight is 333 g/mol. The third kappa shape index (κ3) is 3.35. The second-order valence-electron chi connectivity index (χ2n) is 7.87. The van der Waals surface area contributed by atoms with Gasteiger partial charge < -0.3 is 4.90 Å². The largest absolute Gasteiger partial charge is 0.335 e. The van der Waals surface area contributed by atoms with Gasteiger partial charge in [-0.25, -0.2) is 0 Å². The lowest BCUT2D eigenvalue weighted by molar-refractivity contribution is -0.132. The lowest BCUT2D eigenvalue weighted by Crippen LogP contribution is -2.34. The van der Waals surface area contributed by atoms with Crippen LogP contribution in [0.3, 0.4) is 0 Å². The molecule has 130 valence electrons. The minimum Gasteiger partial charge on any atom is -0.335 e. The van der Waals surface area contributed by atoms with Crippen LogP contribution in [0.1, 0.15) is 49.3 Å². The van der Waals surface area contributed by atoms with E-state index in [-0.39, 0.29) is 11.9 Å². The summed E-state index contributed by atoms with van der Waals surface area (Å²) in [5, 5.41) is 0. The Labute approximate surface area is 150 Å². The Morgan fingerprint density at radius 2 is 1.56 bits per heavy atom. The lowest BCUT2D eigenvalue weighted by Gasteiger charge is -2.31. The molecule has 2 nitrogen and oxygen atoms in total. The predicted octanol–water partition coefficient (Wildman–Crippen LogP) is 5.06. The van der Waals surface area contributed by atoms with Crippen LogP contribution in [-0.2, 0) is 4.79 Å². The van der Waals surface area contributed by atoms with Gasteiger partial charge in [0.15, 0.2) is 0 Å². The van der Waals surface area contributed by atoms with E-state index in [4.69, 9.17) is 0 Å². The molecule has 2 heteroatoms. The number of carbonyl (C=O) groups is 1. The Morgan fingerprint density at radius 3 is 2.04 bits per heavy atom. The van der Waals surface area contributed by atoms with Crippen molar-refractivity contribution >= 4 is 5.91 Å². The van der Waals surface area contributed by atoms with Gasteiger partial charge in [-0.3, -0.25) is 4.79 Å². The highest BCUT2D eigenvalue weighted by Crippen LogP contribution is 2.49. The minimum atomic E-state index is -0.00603. The van der Waals surface area contributed by atoms with Gasteiger partial charge in [-0.15, -0.1) is 0 Å². The molecule has 2 saturated carbocycles. The first-order valence-electron chi connectivity index (χ1n) is 9.58. The summed E-state index contributed by atoms with van der Waals surface area (Å²) in [5.74, 6) is 2.59. The topological polar surface area (TPSA) is 20.3 Å². The number of carbonyl (C=O) groups excluding carboxylic acids is 1. The fourth-order valence-electron chi connectivity index (χ4n) is 5.05. The Morgan fingerprint density at radius 1 is 0.960 bits per heavy atom. The van der Waals surface area contributed by atoms with Crippen LogP contribution in [-0.4, -0.2) is 17.9 Å². The minimum absolute atomic E-state index is 0.00603. The van der Waals surface area contributed by atoms with Gasteiger partial charge in [0.05, 0.1) is 6.04 Å². The zero-order chi connectivity index (χ0) is 17.2. The molecule has 0 spiro atoms. The molecule has 2 bridgehead atoms. The van der Waals surface area contributed by atoms with Gasteiger partial charge >= 0.3 is 0 Å². The third-order valence-electron chi connectivity index (χ3n) is 6.33. The quantitative estimate of drug-likeness (QED) is 0.749. The van der Waals surface area contributed by atoms with Crippen molar-refractivity contribution in [3.05, 3.63) is 71.8 Å². The van der Waals surface area contributed by atoms with Gasteiger partial charge in [0, 0.05) is 13.5 Å². The molecule has 0 heterocycles. The Bertz CT molecular complexity index is 672. The first-order chi connectivity index (χ1) is 12.2. The fraction of sp³-hybridized carbons (Fsp3) is 0.435. The van der Waals surface area contributed by atoms with Crippen molar-refractivity contribution in [2.24, 2.45) is 17.8 Å². The summed E-state index contributed by atoms with van der Waals surface area (Å²) in [6.45, 7) is 0. The van der Waals surface area contributed by atoms with E-state index in [1.807, 2.05) is 24.1 Å². The molecule has 4 rings (SSSR count). The molecule has 25 heavy (non-hydrogen) atoms. The molecule has 2 aromatic carbocycles. The number of fused-ring (bicyclic) bond motifs is 2. The van der Waals surface area contributed by atoms with E-state index in [1.165, 1.54) is 36.8 Å². The van der Waals surface area contributed by atoms with Crippen LogP contribution in [0.5, 0.6) is 0 Å². The summed E-state index contributed by atoms with van der Waals surface area (Å²) >= 11 is 0. The average Bonchev–Trinajstić information content (AvgIpc) is 3.27. The molecule has 2 fully saturated rings. The Hall–Kier alpha value is -2.09. The van der Waals surface area contributed by atoms with Crippen molar-refractivity contribution in [3.63, 3.8) is 0 Å². The molecule has 0 unspecified atom stereocenters. The third-order valence-corrected chi connectivity index (χ3v) is 6.33. The molecule has 0 N–H and O–H groups in total. The smallest absolute Gasteiger partial charge is 0.223 e. The standard InChI is InChI=1S/C23H27NO/c1-24(22(25)16-21-15-17-12-13-20(21)14-17)23(18-8-4-2-5-9-18)19-10-6-3-7-11-19/h2-11,17,20-21,23H,12-16H2,1H3/t17-,20-,21+/m1/s1. The molecular formula is C23H27NO. The fourth-order valence-corrected chi connectivity index (χ4v) is 5.05. The maximum absolute atomic E-state index is 13.1. The summed E-state index contributed by atoms with van der Waals surface area (Å²) in [6.07, 6.45) is 6.08. The summed E-state index contributed by atoms with van der Waals surface area (Å²) < 4.78 is 0. The van der Waals surface area contributed by atoms with Crippen LogP contribution < -0.4 is 0 Å². The molecule has 2 aliphatic carbocycles. The zero-order valence-corrected chi connectivity index (χ0v) is 15.0. The highest BCUT2D eigenvalue weighted by atomic mass is 16.2. The summed E-state index contributed by atoms with van der Waals surface area (Å²) in [6, 6.07) is 20.8. The van der Waals surface area contributed by atoms with Gasteiger partial charge in [0.1, 0.15) is 0 Å². The first kappa shape index (κ1) is 16.4. The van der Waals surface area contributed by atoms with Crippen molar-refractivity contribution < 1.29 is 4.79 Å². The van der Waals surface area contributed by atoms with Crippen LogP contribution in [0.15, 0.2) is 60.7 Å². The number of nitrogens with zero attached hydrogens (tertiary/aromatic N) is 1. The number of rotatable bonds is 5.